The standard InChI is InChI=1S/C33H34FN3O5S/c1-3-35-33(39)31(22-25-10-6-4-7-11-25)36(23-26-14-16-27(34)17-15-26)32(38)24-37(28-18-20-29(42-2)21-19-28)43(40,41)30-12-8-5-9-13-30/h4-21,31H,3,22-24H2,1-2H3,(H,35,39). The van der Waals surface area contributed by atoms with Crippen LogP contribution in [0.25, 0.3) is 0 Å². The third-order valence-corrected chi connectivity index (χ3v) is 8.65. The van der Waals surface area contributed by atoms with E-state index in [0.29, 0.717) is 17.9 Å². The van der Waals surface area contributed by atoms with E-state index < -0.39 is 34.3 Å². The van der Waals surface area contributed by atoms with Gasteiger partial charge in [0.05, 0.1) is 17.7 Å². The molecule has 43 heavy (non-hydrogen) atoms. The summed E-state index contributed by atoms with van der Waals surface area (Å²) < 4.78 is 47.9. The molecule has 1 unspecified atom stereocenters. The van der Waals surface area contributed by atoms with Crippen LogP contribution in [0, 0.1) is 5.82 Å². The Morgan fingerprint density at radius 3 is 2.02 bits per heavy atom. The van der Waals surface area contributed by atoms with Crippen molar-refractivity contribution < 1.29 is 27.1 Å². The lowest BCUT2D eigenvalue weighted by molar-refractivity contribution is -0.140. The molecule has 0 saturated carbocycles. The normalized spacial score (nSPS) is 11.8. The van der Waals surface area contributed by atoms with E-state index in [1.807, 2.05) is 30.3 Å². The van der Waals surface area contributed by atoms with Gasteiger partial charge in [-0.05, 0) is 66.6 Å². The van der Waals surface area contributed by atoms with Crippen molar-refractivity contribution in [1.29, 1.82) is 0 Å². The van der Waals surface area contributed by atoms with Gasteiger partial charge in [-0.3, -0.25) is 13.9 Å². The van der Waals surface area contributed by atoms with Crippen LogP contribution < -0.4 is 14.4 Å². The number of sulfonamides is 1. The molecule has 224 valence electrons. The summed E-state index contributed by atoms with van der Waals surface area (Å²) in [7, 11) is -2.70. The quantitative estimate of drug-likeness (QED) is 0.237. The summed E-state index contributed by atoms with van der Waals surface area (Å²) in [6.45, 7) is 1.48. The molecule has 0 heterocycles. The summed E-state index contributed by atoms with van der Waals surface area (Å²) in [5.74, 6) is -0.911. The molecule has 10 heteroatoms. The lowest BCUT2D eigenvalue weighted by Crippen LogP contribution is -2.53. The number of hydrogen-bond acceptors (Lipinski definition) is 5. The molecule has 0 aliphatic carbocycles. The third-order valence-electron chi connectivity index (χ3n) is 6.86. The first-order valence-electron chi connectivity index (χ1n) is 13.8. The fourth-order valence-electron chi connectivity index (χ4n) is 4.63. The number of methoxy groups -OCH3 is 1. The van der Waals surface area contributed by atoms with Gasteiger partial charge in [0.2, 0.25) is 11.8 Å². The van der Waals surface area contributed by atoms with Gasteiger partial charge in [-0.25, -0.2) is 12.8 Å². The molecule has 0 fully saturated rings. The molecule has 0 aliphatic heterocycles. The number of likely N-dealkylation sites (N-methyl/N-ethyl adjacent to an activating group) is 1. The molecule has 4 aromatic carbocycles. The Kier molecular flexibility index (Phi) is 10.5. The van der Waals surface area contributed by atoms with Gasteiger partial charge >= 0.3 is 0 Å². The second kappa shape index (κ2) is 14.5. The molecule has 2 amide bonds. The smallest absolute Gasteiger partial charge is 0.264 e. The summed E-state index contributed by atoms with van der Waals surface area (Å²) in [6, 6.07) is 28.1. The Labute approximate surface area is 251 Å². The monoisotopic (exact) mass is 603 g/mol. The van der Waals surface area contributed by atoms with E-state index in [-0.39, 0.29) is 29.5 Å². The van der Waals surface area contributed by atoms with E-state index in [1.165, 1.54) is 48.4 Å². The number of rotatable bonds is 13. The lowest BCUT2D eigenvalue weighted by Gasteiger charge is -2.33. The van der Waals surface area contributed by atoms with Gasteiger partial charge in [0.1, 0.15) is 24.2 Å². The maximum atomic E-state index is 14.3. The second-order valence-corrected chi connectivity index (χ2v) is 11.6. The first-order chi connectivity index (χ1) is 20.7. The average Bonchev–Trinajstić information content (AvgIpc) is 3.03. The highest BCUT2D eigenvalue weighted by molar-refractivity contribution is 7.92. The lowest BCUT2D eigenvalue weighted by atomic mass is 10.0. The summed E-state index contributed by atoms with van der Waals surface area (Å²) in [5.41, 5.74) is 1.65. The van der Waals surface area contributed by atoms with Gasteiger partial charge in [0.15, 0.2) is 0 Å². The molecule has 0 aliphatic rings. The van der Waals surface area contributed by atoms with E-state index in [2.05, 4.69) is 5.32 Å². The maximum Gasteiger partial charge on any atom is 0.264 e. The Morgan fingerprint density at radius 1 is 0.837 bits per heavy atom. The van der Waals surface area contributed by atoms with Crippen LogP contribution in [0.2, 0.25) is 0 Å². The van der Waals surface area contributed by atoms with E-state index >= 15 is 0 Å². The van der Waals surface area contributed by atoms with Crippen molar-refractivity contribution in [3.8, 4) is 5.75 Å². The largest absolute Gasteiger partial charge is 0.497 e. The van der Waals surface area contributed by atoms with Gasteiger partial charge in [0.25, 0.3) is 10.0 Å². The minimum atomic E-state index is -4.20. The van der Waals surface area contributed by atoms with E-state index in [1.54, 1.807) is 49.4 Å². The van der Waals surface area contributed by atoms with Crippen molar-refractivity contribution >= 4 is 27.5 Å². The van der Waals surface area contributed by atoms with Crippen LogP contribution in [0.15, 0.2) is 114 Å². The Hall–Kier alpha value is -4.70. The van der Waals surface area contributed by atoms with E-state index in [9.17, 15) is 22.4 Å². The molecule has 4 rings (SSSR count). The highest BCUT2D eigenvalue weighted by atomic mass is 32.2. The number of nitrogens with one attached hydrogen (secondary N) is 1. The number of benzene rings is 4. The van der Waals surface area contributed by atoms with Crippen molar-refractivity contribution in [1.82, 2.24) is 10.2 Å². The molecular formula is C33H34FN3O5S. The molecule has 0 spiro atoms. The summed E-state index contributed by atoms with van der Waals surface area (Å²) in [6.07, 6.45) is 0.188. The highest BCUT2D eigenvalue weighted by Gasteiger charge is 2.34. The average molecular weight is 604 g/mol. The predicted molar refractivity (Wildman–Crippen MR) is 164 cm³/mol. The van der Waals surface area contributed by atoms with Gasteiger partial charge < -0.3 is 15.0 Å². The Balaban J connectivity index is 1.78. The molecule has 8 nitrogen and oxygen atoms in total. The first-order valence-corrected chi connectivity index (χ1v) is 15.2. The van der Waals surface area contributed by atoms with Crippen LogP contribution in [0.1, 0.15) is 18.1 Å². The number of halogens is 1. The summed E-state index contributed by atoms with van der Waals surface area (Å²) in [5, 5.41) is 2.81. The molecule has 0 radical (unpaired) electrons. The van der Waals surface area contributed by atoms with Crippen molar-refractivity contribution in [2.45, 2.75) is 30.8 Å². The zero-order valence-corrected chi connectivity index (χ0v) is 24.8. The van der Waals surface area contributed by atoms with Crippen LogP contribution in [0.5, 0.6) is 5.75 Å². The highest BCUT2D eigenvalue weighted by Crippen LogP contribution is 2.27. The number of nitrogens with zero attached hydrogens (tertiary/aromatic N) is 2. The minimum absolute atomic E-state index is 0.00765. The number of carbonyl (C=O) groups excluding carboxylic acids is 2. The number of anilines is 1. The topological polar surface area (TPSA) is 96.0 Å². The minimum Gasteiger partial charge on any atom is -0.497 e. The third kappa shape index (κ3) is 7.98. The number of ether oxygens (including phenoxy) is 1. The molecule has 1 N–H and O–H groups in total. The van der Waals surface area contributed by atoms with Gasteiger partial charge in [-0.2, -0.15) is 0 Å². The van der Waals surface area contributed by atoms with Gasteiger partial charge in [-0.1, -0.05) is 60.7 Å². The number of hydrogen-bond donors (Lipinski definition) is 1. The van der Waals surface area contributed by atoms with Crippen molar-refractivity contribution in [3.63, 3.8) is 0 Å². The molecule has 0 saturated heterocycles. The fourth-order valence-corrected chi connectivity index (χ4v) is 6.06. The number of carbonyl (C=O) groups is 2. The number of amides is 2. The second-order valence-electron chi connectivity index (χ2n) is 9.77. The summed E-state index contributed by atoms with van der Waals surface area (Å²) >= 11 is 0. The molecular weight excluding hydrogens is 569 g/mol. The zero-order chi connectivity index (χ0) is 30.8. The van der Waals surface area contributed by atoms with Crippen LogP contribution >= 0.6 is 0 Å². The molecule has 4 aromatic rings. The van der Waals surface area contributed by atoms with Crippen LogP contribution in [0.4, 0.5) is 10.1 Å². The molecule has 0 bridgehead atoms. The summed E-state index contributed by atoms with van der Waals surface area (Å²) in [4.78, 5) is 29.1. The van der Waals surface area contributed by atoms with Gasteiger partial charge in [0, 0.05) is 19.5 Å². The SMILES string of the molecule is CCNC(=O)C(Cc1ccccc1)N(Cc1ccc(F)cc1)C(=O)CN(c1ccc(OC)cc1)S(=O)(=O)c1ccccc1. The van der Waals surface area contributed by atoms with Crippen molar-refractivity contribution in [2.75, 3.05) is 24.5 Å². The van der Waals surface area contributed by atoms with Crippen LogP contribution in [-0.2, 0) is 32.6 Å². The van der Waals surface area contributed by atoms with Gasteiger partial charge in [-0.15, -0.1) is 0 Å². The first kappa shape index (κ1) is 31.2. The van der Waals surface area contributed by atoms with E-state index in [4.69, 9.17) is 4.74 Å². The Morgan fingerprint density at radius 2 is 1.44 bits per heavy atom. The zero-order valence-electron chi connectivity index (χ0n) is 24.0. The Bertz CT molecular complexity index is 1600. The fraction of sp³-hybridized carbons (Fsp3) is 0.212. The molecule has 0 aromatic heterocycles. The van der Waals surface area contributed by atoms with E-state index in [0.717, 1.165) is 9.87 Å². The van der Waals surface area contributed by atoms with Crippen molar-refractivity contribution in [2.24, 2.45) is 0 Å². The van der Waals surface area contributed by atoms with Crippen LogP contribution in [-0.4, -0.2) is 51.4 Å². The van der Waals surface area contributed by atoms with Crippen molar-refractivity contribution in [3.05, 3.63) is 126 Å². The predicted octanol–water partition coefficient (Wildman–Crippen LogP) is 4.81. The maximum absolute atomic E-state index is 14.3. The molecule has 1 atom stereocenters. The van der Waals surface area contributed by atoms with Crippen LogP contribution in [0.3, 0.4) is 0 Å².